The Morgan fingerprint density at radius 3 is 2.36 bits per heavy atom. The van der Waals surface area contributed by atoms with E-state index in [4.69, 9.17) is 0 Å². The summed E-state index contributed by atoms with van der Waals surface area (Å²) in [7, 11) is 1.18. The van der Waals surface area contributed by atoms with Gasteiger partial charge in [-0.2, -0.15) is 0 Å². The third-order valence-corrected chi connectivity index (χ3v) is 4.62. The van der Waals surface area contributed by atoms with Crippen molar-refractivity contribution < 1.29 is 19.4 Å². The first-order valence-electron chi connectivity index (χ1n) is 7.95. The van der Waals surface area contributed by atoms with Crippen molar-refractivity contribution in [3.8, 4) is 0 Å². The van der Waals surface area contributed by atoms with Crippen LogP contribution < -0.4 is 0 Å². The highest BCUT2D eigenvalue weighted by Crippen LogP contribution is 2.33. The topological polar surface area (TPSA) is 66.8 Å². The van der Waals surface area contributed by atoms with Crippen molar-refractivity contribution in [2.45, 2.75) is 13.0 Å². The number of ether oxygens (including phenoxy) is 1. The number of hydrogen-bond donors (Lipinski definition) is 1. The molecule has 1 N–H and O–H groups in total. The first kappa shape index (κ1) is 16.8. The highest BCUT2D eigenvalue weighted by atomic mass is 16.5. The van der Waals surface area contributed by atoms with Crippen molar-refractivity contribution in [2.75, 3.05) is 7.11 Å². The maximum Gasteiger partial charge on any atom is 0.331 e. The van der Waals surface area contributed by atoms with Gasteiger partial charge in [0.25, 0.3) is 0 Å². The van der Waals surface area contributed by atoms with Crippen LogP contribution >= 0.6 is 0 Å². The summed E-state index contributed by atoms with van der Waals surface area (Å²) in [6, 6.07) is 14.2. The molecule has 5 nitrogen and oxygen atoms in total. The van der Waals surface area contributed by atoms with Crippen LogP contribution in [0.4, 0.5) is 0 Å². The molecule has 2 aromatic carbocycles. The summed E-state index contributed by atoms with van der Waals surface area (Å²) in [4.78, 5) is 25.4. The molecular formula is C20H19NO4. The van der Waals surface area contributed by atoms with E-state index in [1.807, 2.05) is 36.1 Å². The number of carboxylic acid groups (broad SMARTS) is 1. The molecule has 0 aromatic heterocycles. The van der Waals surface area contributed by atoms with Gasteiger partial charge < -0.3 is 14.7 Å². The molecule has 0 saturated heterocycles. The zero-order chi connectivity index (χ0) is 18.0. The number of nitrogens with zero attached hydrogens (tertiary/aromatic N) is 1. The molecule has 1 heterocycles. The van der Waals surface area contributed by atoms with Crippen LogP contribution in [-0.4, -0.2) is 29.1 Å². The van der Waals surface area contributed by atoms with E-state index in [0.717, 1.165) is 16.3 Å². The average molecular weight is 337 g/mol. The van der Waals surface area contributed by atoms with Gasteiger partial charge in [-0.15, -0.1) is 0 Å². The molecule has 0 unspecified atom stereocenters. The molecule has 2 aromatic rings. The number of carboxylic acids is 1. The predicted octanol–water partition coefficient (Wildman–Crippen LogP) is 3.49. The Morgan fingerprint density at radius 1 is 1.08 bits per heavy atom. The number of fused-ring (bicyclic) bond motifs is 1. The smallest absolute Gasteiger partial charge is 0.331 e. The van der Waals surface area contributed by atoms with Gasteiger partial charge in [-0.1, -0.05) is 42.5 Å². The Bertz CT molecular complexity index is 865. The van der Waals surface area contributed by atoms with Crippen LogP contribution in [0.5, 0.6) is 0 Å². The number of methoxy groups -OCH3 is 1. The Balaban J connectivity index is 1.94. The van der Waals surface area contributed by atoms with Gasteiger partial charge in [0.15, 0.2) is 0 Å². The molecule has 1 aliphatic heterocycles. The number of carbonyl (C=O) groups excluding carboxylic acids is 1. The van der Waals surface area contributed by atoms with Gasteiger partial charge in [0, 0.05) is 12.4 Å². The van der Waals surface area contributed by atoms with Gasteiger partial charge in [-0.05, 0) is 35.4 Å². The highest BCUT2D eigenvalue weighted by Gasteiger charge is 2.44. The third kappa shape index (κ3) is 2.78. The highest BCUT2D eigenvalue weighted by molar-refractivity contribution is 6.04. The number of esters is 1. The monoisotopic (exact) mass is 337 g/mol. The number of rotatable bonds is 4. The van der Waals surface area contributed by atoms with Gasteiger partial charge in [-0.25, -0.2) is 0 Å². The van der Waals surface area contributed by atoms with E-state index < -0.39 is 17.4 Å². The molecule has 3 rings (SSSR count). The maximum absolute atomic E-state index is 11.9. The van der Waals surface area contributed by atoms with Crippen LogP contribution in [0.3, 0.4) is 0 Å². The summed E-state index contributed by atoms with van der Waals surface area (Å²) >= 11 is 0. The summed E-state index contributed by atoms with van der Waals surface area (Å²) in [6.07, 6.45) is 5.97. The van der Waals surface area contributed by atoms with Gasteiger partial charge >= 0.3 is 11.9 Å². The molecule has 1 aliphatic rings. The molecule has 0 fully saturated rings. The summed E-state index contributed by atoms with van der Waals surface area (Å²) < 4.78 is 4.65. The molecule has 0 radical (unpaired) electrons. The Morgan fingerprint density at radius 2 is 1.72 bits per heavy atom. The fourth-order valence-corrected chi connectivity index (χ4v) is 3.08. The lowest BCUT2D eigenvalue weighted by Crippen LogP contribution is -2.39. The average Bonchev–Trinajstić information content (AvgIpc) is 2.66. The molecule has 1 atom stereocenters. The van der Waals surface area contributed by atoms with Crippen molar-refractivity contribution in [2.24, 2.45) is 5.41 Å². The summed E-state index contributed by atoms with van der Waals surface area (Å²) in [5, 5.41) is 11.7. The van der Waals surface area contributed by atoms with Crippen LogP contribution in [0.15, 0.2) is 67.0 Å². The van der Waals surface area contributed by atoms with Crippen LogP contribution in [0, 0.1) is 5.41 Å². The second kappa shape index (κ2) is 6.43. The SMILES string of the molecule is COC(=O)C1(C(=O)O)C=CN([C@H](C)c2cccc3ccccc23)C=C1. The van der Waals surface area contributed by atoms with Crippen molar-refractivity contribution >= 4 is 22.7 Å². The van der Waals surface area contributed by atoms with Gasteiger partial charge in [-0.3, -0.25) is 9.59 Å². The van der Waals surface area contributed by atoms with Crippen molar-refractivity contribution in [3.05, 3.63) is 72.6 Å². The number of benzene rings is 2. The van der Waals surface area contributed by atoms with Gasteiger partial charge in [0.2, 0.25) is 5.41 Å². The van der Waals surface area contributed by atoms with Crippen LogP contribution in [-0.2, 0) is 14.3 Å². The quantitative estimate of drug-likeness (QED) is 0.683. The van der Waals surface area contributed by atoms with E-state index in [9.17, 15) is 14.7 Å². The first-order chi connectivity index (χ1) is 12.0. The molecular weight excluding hydrogens is 318 g/mol. The zero-order valence-electron chi connectivity index (χ0n) is 14.0. The lowest BCUT2D eigenvalue weighted by atomic mass is 9.86. The first-order valence-corrected chi connectivity index (χ1v) is 7.95. The molecule has 0 bridgehead atoms. The second-order valence-electron chi connectivity index (χ2n) is 5.99. The number of hydrogen-bond acceptors (Lipinski definition) is 4. The van der Waals surface area contributed by atoms with Gasteiger partial charge in [0.1, 0.15) is 0 Å². The van der Waals surface area contributed by atoms with E-state index in [1.165, 1.54) is 19.3 Å². The lowest BCUT2D eigenvalue weighted by molar-refractivity contribution is -0.159. The van der Waals surface area contributed by atoms with Crippen molar-refractivity contribution in [1.82, 2.24) is 4.90 Å². The largest absolute Gasteiger partial charge is 0.480 e. The number of carbonyl (C=O) groups is 2. The minimum absolute atomic E-state index is 0.0250. The summed E-state index contributed by atoms with van der Waals surface area (Å²) in [6.45, 7) is 2.03. The summed E-state index contributed by atoms with van der Waals surface area (Å²) in [5.74, 6) is -2.07. The minimum atomic E-state index is -1.77. The zero-order valence-corrected chi connectivity index (χ0v) is 14.0. The third-order valence-electron chi connectivity index (χ3n) is 4.62. The molecule has 128 valence electrons. The molecule has 0 amide bonds. The Hall–Kier alpha value is -3.08. The standard InChI is InChI=1S/C20H19NO4/c1-14(16-9-5-7-15-6-3-4-8-17(15)16)21-12-10-20(11-13-21,18(22)23)19(24)25-2/h3-14H,1-2H3,(H,22,23)/t14-/m1/s1. The summed E-state index contributed by atoms with van der Waals surface area (Å²) in [5.41, 5.74) is -0.655. The lowest BCUT2D eigenvalue weighted by Gasteiger charge is -2.31. The molecule has 25 heavy (non-hydrogen) atoms. The maximum atomic E-state index is 11.9. The predicted molar refractivity (Wildman–Crippen MR) is 94.6 cm³/mol. The Labute approximate surface area is 145 Å². The van der Waals surface area contributed by atoms with Crippen LogP contribution in [0.25, 0.3) is 10.8 Å². The normalized spacial score (nSPS) is 16.6. The van der Waals surface area contributed by atoms with E-state index in [0.29, 0.717) is 0 Å². The van der Waals surface area contributed by atoms with E-state index in [-0.39, 0.29) is 6.04 Å². The molecule has 0 saturated carbocycles. The van der Waals surface area contributed by atoms with E-state index in [2.05, 4.69) is 22.9 Å². The fraction of sp³-hybridized carbons (Fsp3) is 0.200. The fourth-order valence-electron chi connectivity index (χ4n) is 3.08. The van der Waals surface area contributed by atoms with E-state index >= 15 is 0 Å². The Kier molecular flexibility index (Phi) is 4.31. The second-order valence-corrected chi connectivity index (χ2v) is 5.99. The molecule has 0 spiro atoms. The van der Waals surface area contributed by atoms with Crippen LogP contribution in [0.2, 0.25) is 0 Å². The van der Waals surface area contributed by atoms with E-state index in [1.54, 1.807) is 12.4 Å². The van der Waals surface area contributed by atoms with Crippen molar-refractivity contribution in [3.63, 3.8) is 0 Å². The van der Waals surface area contributed by atoms with Crippen molar-refractivity contribution in [1.29, 1.82) is 0 Å². The molecule has 0 aliphatic carbocycles. The minimum Gasteiger partial charge on any atom is -0.480 e. The molecule has 5 heteroatoms. The van der Waals surface area contributed by atoms with Crippen LogP contribution in [0.1, 0.15) is 18.5 Å². The van der Waals surface area contributed by atoms with Gasteiger partial charge in [0.05, 0.1) is 13.2 Å². The number of aliphatic carboxylic acids is 1.